The van der Waals surface area contributed by atoms with Crippen LogP contribution in [0.25, 0.3) is 0 Å². The van der Waals surface area contributed by atoms with Crippen molar-refractivity contribution in [2.45, 2.75) is 38.6 Å². The molecule has 2 N–H and O–H groups in total. The van der Waals surface area contributed by atoms with Crippen LogP contribution in [0, 0.1) is 0 Å². The van der Waals surface area contributed by atoms with E-state index in [0.717, 1.165) is 38.6 Å². The number of nitrogens with one attached hydrogen (secondary N) is 2. The summed E-state index contributed by atoms with van der Waals surface area (Å²) in [6.45, 7) is 5.99. The Morgan fingerprint density at radius 1 is 1.28 bits per heavy atom. The summed E-state index contributed by atoms with van der Waals surface area (Å²) in [7, 11) is 1.91. The lowest BCUT2D eigenvalue weighted by molar-refractivity contribution is -0.121. The van der Waals surface area contributed by atoms with Crippen molar-refractivity contribution in [1.29, 1.82) is 0 Å². The molecule has 1 amide bonds. The van der Waals surface area contributed by atoms with E-state index in [1.54, 1.807) is 0 Å². The summed E-state index contributed by atoms with van der Waals surface area (Å²) in [4.78, 5) is 13.9. The van der Waals surface area contributed by atoms with Crippen LogP contribution >= 0.6 is 24.8 Å². The Morgan fingerprint density at radius 3 is 2.44 bits per heavy atom. The summed E-state index contributed by atoms with van der Waals surface area (Å²) in [5.41, 5.74) is 0. The third-order valence-corrected chi connectivity index (χ3v) is 3.02. The van der Waals surface area contributed by atoms with Gasteiger partial charge in [0.05, 0.1) is 0 Å². The van der Waals surface area contributed by atoms with E-state index in [0.29, 0.717) is 6.42 Å². The van der Waals surface area contributed by atoms with Crippen molar-refractivity contribution in [3.05, 3.63) is 0 Å². The molecule has 0 atom stereocenters. The van der Waals surface area contributed by atoms with Gasteiger partial charge in [-0.1, -0.05) is 6.92 Å². The van der Waals surface area contributed by atoms with Crippen molar-refractivity contribution in [2.75, 3.05) is 33.2 Å². The summed E-state index contributed by atoms with van der Waals surface area (Å²) < 4.78 is 0. The molecule has 0 aromatic rings. The van der Waals surface area contributed by atoms with Crippen molar-refractivity contribution in [2.24, 2.45) is 0 Å². The summed E-state index contributed by atoms with van der Waals surface area (Å²) in [6, 6.07) is 0.797. The van der Waals surface area contributed by atoms with Crippen molar-refractivity contribution >= 4 is 30.7 Å². The fourth-order valence-electron chi connectivity index (χ4n) is 1.89. The molecule has 4 nitrogen and oxygen atoms in total. The second-order valence-electron chi connectivity index (χ2n) is 4.42. The topological polar surface area (TPSA) is 44.4 Å². The third-order valence-electron chi connectivity index (χ3n) is 3.02. The number of nitrogens with zero attached hydrogens (tertiary/aromatic N) is 1. The Morgan fingerprint density at radius 2 is 1.94 bits per heavy atom. The molecular weight excluding hydrogens is 273 g/mol. The lowest BCUT2D eigenvalue weighted by Gasteiger charge is -2.19. The Bertz CT molecular complexity index is 213. The molecule has 0 aromatic heterocycles. The number of carbonyl (C=O) groups excluding carboxylic acids is 1. The van der Waals surface area contributed by atoms with Crippen molar-refractivity contribution < 1.29 is 4.79 Å². The zero-order valence-electron chi connectivity index (χ0n) is 11.4. The van der Waals surface area contributed by atoms with E-state index in [4.69, 9.17) is 0 Å². The third kappa shape index (κ3) is 8.97. The molecule has 0 aliphatic heterocycles. The zero-order valence-corrected chi connectivity index (χ0v) is 13.0. The van der Waals surface area contributed by atoms with Crippen LogP contribution in [-0.4, -0.2) is 50.1 Å². The summed E-state index contributed by atoms with van der Waals surface area (Å²) in [5, 5.41) is 6.02. The molecule has 0 unspecified atom stereocenters. The van der Waals surface area contributed by atoms with E-state index < -0.39 is 0 Å². The van der Waals surface area contributed by atoms with Gasteiger partial charge in [0.15, 0.2) is 0 Å². The molecular formula is C12H27Cl2N3O. The monoisotopic (exact) mass is 299 g/mol. The van der Waals surface area contributed by atoms with Gasteiger partial charge < -0.3 is 10.6 Å². The lowest BCUT2D eigenvalue weighted by Crippen LogP contribution is -2.36. The molecule has 1 fully saturated rings. The van der Waals surface area contributed by atoms with E-state index in [1.807, 2.05) is 7.05 Å². The lowest BCUT2D eigenvalue weighted by atomic mass is 10.3. The summed E-state index contributed by atoms with van der Waals surface area (Å²) >= 11 is 0. The number of rotatable bonds is 9. The van der Waals surface area contributed by atoms with E-state index >= 15 is 0 Å². The van der Waals surface area contributed by atoms with Crippen LogP contribution in [0.15, 0.2) is 0 Å². The normalized spacial score (nSPS) is 13.7. The standard InChI is InChI=1S/C12H25N3O.2ClH/c1-3-15(11-6-7-11)10-9-14-12(16)5-4-8-13-2;;/h11,13H,3-10H2,1-2H3,(H,14,16);2*1H. The van der Waals surface area contributed by atoms with Gasteiger partial charge in [0.2, 0.25) is 5.91 Å². The molecule has 6 heteroatoms. The van der Waals surface area contributed by atoms with Gasteiger partial charge >= 0.3 is 0 Å². The molecule has 110 valence electrons. The Hall–Kier alpha value is -0.0300. The van der Waals surface area contributed by atoms with Gasteiger partial charge in [-0.3, -0.25) is 9.69 Å². The maximum Gasteiger partial charge on any atom is 0.220 e. The van der Waals surface area contributed by atoms with Gasteiger partial charge in [0.1, 0.15) is 0 Å². The average molecular weight is 300 g/mol. The molecule has 0 saturated heterocycles. The van der Waals surface area contributed by atoms with Gasteiger partial charge in [-0.2, -0.15) is 0 Å². The Labute approximate surface area is 123 Å². The van der Waals surface area contributed by atoms with E-state index in [1.165, 1.54) is 12.8 Å². The highest BCUT2D eigenvalue weighted by molar-refractivity contribution is 5.85. The first-order chi connectivity index (χ1) is 7.77. The minimum absolute atomic E-state index is 0. The maximum absolute atomic E-state index is 11.4. The molecule has 0 heterocycles. The molecule has 18 heavy (non-hydrogen) atoms. The highest BCUT2D eigenvalue weighted by atomic mass is 35.5. The Balaban J connectivity index is 0. The highest BCUT2D eigenvalue weighted by Crippen LogP contribution is 2.25. The first-order valence-corrected chi connectivity index (χ1v) is 6.43. The van der Waals surface area contributed by atoms with Crippen LogP contribution in [-0.2, 0) is 4.79 Å². The molecule has 1 aliphatic carbocycles. The Kier molecular flexibility index (Phi) is 13.6. The van der Waals surface area contributed by atoms with Crippen molar-refractivity contribution in [3.63, 3.8) is 0 Å². The predicted molar refractivity (Wildman–Crippen MR) is 80.9 cm³/mol. The van der Waals surface area contributed by atoms with Crippen LogP contribution in [0.3, 0.4) is 0 Å². The van der Waals surface area contributed by atoms with E-state index in [9.17, 15) is 4.79 Å². The second kappa shape index (κ2) is 12.0. The summed E-state index contributed by atoms with van der Waals surface area (Å²) in [6.07, 6.45) is 4.23. The quantitative estimate of drug-likeness (QED) is 0.633. The molecule has 0 radical (unpaired) electrons. The minimum atomic E-state index is 0. The van der Waals surface area contributed by atoms with E-state index in [-0.39, 0.29) is 30.7 Å². The average Bonchev–Trinajstić information content (AvgIpc) is 3.09. The number of halogens is 2. The SMILES string of the molecule is CCN(CCNC(=O)CCCNC)C1CC1.Cl.Cl. The smallest absolute Gasteiger partial charge is 0.220 e. The molecule has 1 rings (SSSR count). The second-order valence-corrected chi connectivity index (χ2v) is 4.42. The minimum Gasteiger partial charge on any atom is -0.355 e. The fraction of sp³-hybridized carbons (Fsp3) is 0.917. The van der Waals surface area contributed by atoms with Gasteiger partial charge in [-0.15, -0.1) is 24.8 Å². The number of hydrogen-bond donors (Lipinski definition) is 2. The van der Waals surface area contributed by atoms with Crippen molar-refractivity contribution in [1.82, 2.24) is 15.5 Å². The molecule has 0 bridgehead atoms. The maximum atomic E-state index is 11.4. The van der Waals surface area contributed by atoms with Gasteiger partial charge in [0.25, 0.3) is 0 Å². The molecule has 0 aromatic carbocycles. The van der Waals surface area contributed by atoms with Crippen LogP contribution in [0.1, 0.15) is 32.6 Å². The molecule has 0 spiro atoms. The number of hydrogen-bond acceptors (Lipinski definition) is 3. The number of amides is 1. The molecule has 1 aliphatic rings. The largest absolute Gasteiger partial charge is 0.355 e. The van der Waals surface area contributed by atoms with Crippen LogP contribution < -0.4 is 10.6 Å². The van der Waals surface area contributed by atoms with Crippen molar-refractivity contribution in [3.8, 4) is 0 Å². The first-order valence-electron chi connectivity index (χ1n) is 6.43. The number of carbonyl (C=O) groups is 1. The summed E-state index contributed by atoms with van der Waals surface area (Å²) in [5.74, 6) is 0.183. The van der Waals surface area contributed by atoms with Crippen LogP contribution in [0.5, 0.6) is 0 Å². The van der Waals surface area contributed by atoms with Gasteiger partial charge in [-0.25, -0.2) is 0 Å². The van der Waals surface area contributed by atoms with Crippen LogP contribution in [0.2, 0.25) is 0 Å². The predicted octanol–water partition coefficient (Wildman–Crippen LogP) is 1.43. The van der Waals surface area contributed by atoms with Gasteiger partial charge in [-0.05, 0) is 39.4 Å². The zero-order chi connectivity index (χ0) is 11.8. The van der Waals surface area contributed by atoms with Gasteiger partial charge in [0, 0.05) is 25.6 Å². The van der Waals surface area contributed by atoms with Crippen LogP contribution in [0.4, 0.5) is 0 Å². The number of likely N-dealkylation sites (N-methyl/N-ethyl adjacent to an activating group) is 1. The highest BCUT2D eigenvalue weighted by Gasteiger charge is 2.27. The first kappa shape index (κ1) is 20.3. The fourth-order valence-corrected chi connectivity index (χ4v) is 1.89. The van der Waals surface area contributed by atoms with E-state index in [2.05, 4.69) is 22.5 Å². The molecule has 1 saturated carbocycles.